The van der Waals surface area contributed by atoms with E-state index in [9.17, 15) is 13.2 Å². The summed E-state index contributed by atoms with van der Waals surface area (Å²) in [5.74, 6) is -0.0727. The van der Waals surface area contributed by atoms with Gasteiger partial charge in [-0.1, -0.05) is 13.3 Å². The second kappa shape index (κ2) is 8.02. The Labute approximate surface area is 127 Å². The molecule has 0 heterocycles. The third kappa shape index (κ3) is 4.74. The third-order valence-electron chi connectivity index (χ3n) is 3.22. The smallest absolute Gasteiger partial charge is 0.251 e. The molecule has 0 spiro atoms. The van der Waals surface area contributed by atoms with Gasteiger partial charge in [-0.05, 0) is 44.5 Å². The van der Waals surface area contributed by atoms with Gasteiger partial charge in [0.25, 0.3) is 5.91 Å². The minimum atomic E-state index is -3.28. The number of carbonyl (C=O) groups is 1. The van der Waals surface area contributed by atoms with Gasteiger partial charge in [-0.15, -0.1) is 0 Å². The normalized spacial score (nSPS) is 11.2. The number of hydrogen-bond acceptors (Lipinski definition) is 3. The number of benzene rings is 1. The van der Waals surface area contributed by atoms with Crippen LogP contribution in [0.2, 0.25) is 0 Å². The van der Waals surface area contributed by atoms with Crippen molar-refractivity contribution >= 4 is 21.6 Å². The second-order valence-electron chi connectivity index (χ2n) is 4.72. The van der Waals surface area contributed by atoms with E-state index in [1.807, 2.05) is 0 Å². The van der Waals surface area contributed by atoms with E-state index in [2.05, 4.69) is 12.2 Å². The highest BCUT2D eigenvalue weighted by Gasteiger charge is 2.18. The summed E-state index contributed by atoms with van der Waals surface area (Å²) in [7, 11) is -3.28. The maximum atomic E-state index is 12.0. The molecule has 0 atom stereocenters. The molecule has 1 aromatic rings. The first kappa shape index (κ1) is 17.5. The lowest BCUT2D eigenvalue weighted by atomic mass is 10.2. The average Bonchev–Trinajstić information content (AvgIpc) is 2.48. The molecule has 1 amide bonds. The molecule has 6 heteroatoms. The molecule has 0 aliphatic heterocycles. The van der Waals surface area contributed by atoms with Crippen LogP contribution in [0.5, 0.6) is 0 Å². The highest BCUT2D eigenvalue weighted by molar-refractivity contribution is 7.92. The molecule has 0 fully saturated rings. The zero-order valence-electron chi connectivity index (χ0n) is 12.9. The summed E-state index contributed by atoms with van der Waals surface area (Å²) in [6, 6.07) is 6.66. The Balaban J connectivity index is 2.84. The molecule has 0 saturated heterocycles. The summed E-state index contributed by atoms with van der Waals surface area (Å²) in [5, 5.41) is 2.83. The van der Waals surface area contributed by atoms with E-state index in [0.717, 1.165) is 12.8 Å². The van der Waals surface area contributed by atoms with Crippen LogP contribution in [0.25, 0.3) is 0 Å². The van der Waals surface area contributed by atoms with E-state index in [1.165, 1.54) is 4.31 Å². The molecule has 0 radical (unpaired) electrons. The van der Waals surface area contributed by atoms with Crippen molar-refractivity contribution in [3.63, 3.8) is 0 Å². The maximum absolute atomic E-state index is 12.0. The Bertz CT molecular complexity index is 553. The van der Waals surface area contributed by atoms with E-state index in [-0.39, 0.29) is 11.7 Å². The zero-order chi connectivity index (χ0) is 15.9. The molecule has 1 aromatic carbocycles. The molecule has 0 aliphatic rings. The molecule has 0 unspecified atom stereocenters. The van der Waals surface area contributed by atoms with Crippen molar-refractivity contribution in [1.29, 1.82) is 0 Å². The lowest BCUT2D eigenvalue weighted by Crippen LogP contribution is -2.32. The molecule has 0 saturated carbocycles. The fourth-order valence-electron chi connectivity index (χ4n) is 1.96. The van der Waals surface area contributed by atoms with Gasteiger partial charge in [-0.3, -0.25) is 9.10 Å². The van der Waals surface area contributed by atoms with Gasteiger partial charge in [-0.25, -0.2) is 8.42 Å². The SMILES string of the molecule is CCCCNC(=O)c1ccc(N(CC)S(=O)(=O)CC)cc1. The van der Waals surface area contributed by atoms with Gasteiger partial charge in [0, 0.05) is 18.7 Å². The van der Waals surface area contributed by atoms with Crippen molar-refractivity contribution in [3.8, 4) is 0 Å². The lowest BCUT2D eigenvalue weighted by Gasteiger charge is -2.22. The molecule has 1 rings (SSSR count). The van der Waals surface area contributed by atoms with E-state index >= 15 is 0 Å². The van der Waals surface area contributed by atoms with Gasteiger partial charge in [0.05, 0.1) is 11.4 Å². The first-order valence-electron chi connectivity index (χ1n) is 7.34. The number of hydrogen-bond donors (Lipinski definition) is 1. The van der Waals surface area contributed by atoms with Crippen molar-refractivity contribution in [3.05, 3.63) is 29.8 Å². The van der Waals surface area contributed by atoms with Gasteiger partial charge in [0.2, 0.25) is 10.0 Å². The van der Waals surface area contributed by atoms with Gasteiger partial charge >= 0.3 is 0 Å². The van der Waals surface area contributed by atoms with Crippen LogP contribution >= 0.6 is 0 Å². The number of carbonyl (C=O) groups excluding carboxylic acids is 1. The Kier molecular flexibility index (Phi) is 6.68. The number of unbranched alkanes of at least 4 members (excludes halogenated alkanes) is 1. The number of rotatable bonds is 8. The number of nitrogens with one attached hydrogen (secondary N) is 1. The predicted octanol–water partition coefficient (Wildman–Crippen LogP) is 2.39. The fraction of sp³-hybridized carbons (Fsp3) is 0.533. The van der Waals surface area contributed by atoms with Gasteiger partial charge < -0.3 is 5.32 Å². The third-order valence-corrected chi connectivity index (χ3v) is 5.09. The number of nitrogens with zero attached hydrogens (tertiary/aromatic N) is 1. The molecule has 118 valence electrons. The van der Waals surface area contributed by atoms with Crippen molar-refractivity contribution < 1.29 is 13.2 Å². The van der Waals surface area contributed by atoms with Crippen molar-refractivity contribution in [2.45, 2.75) is 33.6 Å². The van der Waals surface area contributed by atoms with Crippen LogP contribution in [-0.4, -0.2) is 33.2 Å². The standard InChI is InChI=1S/C15H24N2O3S/c1-4-7-12-16-15(18)13-8-10-14(11-9-13)17(5-2)21(19,20)6-3/h8-11H,4-7,12H2,1-3H3,(H,16,18). The highest BCUT2D eigenvalue weighted by Crippen LogP contribution is 2.19. The maximum Gasteiger partial charge on any atom is 0.251 e. The first-order valence-corrected chi connectivity index (χ1v) is 8.95. The van der Waals surface area contributed by atoms with Crippen LogP contribution in [0, 0.1) is 0 Å². The Morgan fingerprint density at radius 2 is 1.76 bits per heavy atom. The molecule has 0 aliphatic carbocycles. The molecule has 5 nitrogen and oxygen atoms in total. The quantitative estimate of drug-likeness (QED) is 0.750. The second-order valence-corrected chi connectivity index (χ2v) is 6.90. The van der Waals surface area contributed by atoms with E-state index in [1.54, 1.807) is 38.1 Å². The monoisotopic (exact) mass is 312 g/mol. The van der Waals surface area contributed by atoms with Crippen molar-refractivity contribution in [2.75, 3.05) is 23.1 Å². The Morgan fingerprint density at radius 1 is 1.14 bits per heavy atom. The van der Waals surface area contributed by atoms with Crippen LogP contribution in [0.15, 0.2) is 24.3 Å². The minimum absolute atomic E-state index is 0.0557. The highest BCUT2D eigenvalue weighted by atomic mass is 32.2. The topological polar surface area (TPSA) is 66.5 Å². The molecular formula is C15H24N2O3S. The van der Waals surface area contributed by atoms with Gasteiger partial charge in [0.15, 0.2) is 0 Å². The molecule has 0 bridgehead atoms. The number of sulfonamides is 1. The average molecular weight is 312 g/mol. The van der Waals surface area contributed by atoms with Crippen molar-refractivity contribution in [2.24, 2.45) is 0 Å². The largest absolute Gasteiger partial charge is 0.352 e. The van der Waals surface area contributed by atoms with E-state index in [0.29, 0.717) is 24.3 Å². The predicted molar refractivity (Wildman–Crippen MR) is 86.2 cm³/mol. The minimum Gasteiger partial charge on any atom is -0.352 e. The fourth-order valence-corrected chi connectivity index (χ4v) is 3.10. The van der Waals surface area contributed by atoms with Crippen LogP contribution in [0.4, 0.5) is 5.69 Å². The summed E-state index contributed by atoms with van der Waals surface area (Å²) in [4.78, 5) is 11.9. The molecule has 0 aromatic heterocycles. The van der Waals surface area contributed by atoms with Crippen LogP contribution < -0.4 is 9.62 Å². The van der Waals surface area contributed by atoms with Crippen LogP contribution in [0.1, 0.15) is 44.0 Å². The molecule has 1 N–H and O–H groups in total. The summed E-state index contributed by atoms with van der Waals surface area (Å²) in [6.07, 6.45) is 1.97. The zero-order valence-corrected chi connectivity index (χ0v) is 13.7. The Morgan fingerprint density at radius 3 is 2.24 bits per heavy atom. The van der Waals surface area contributed by atoms with Crippen molar-refractivity contribution in [1.82, 2.24) is 5.32 Å². The van der Waals surface area contributed by atoms with E-state index in [4.69, 9.17) is 0 Å². The number of anilines is 1. The Hall–Kier alpha value is -1.56. The molecular weight excluding hydrogens is 288 g/mol. The summed E-state index contributed by atoms with van der Waals surface area (Å²) >= 11 is 0. The number of amides is 1. The summed E-state index contributed by atoms with van der Waals surface area (Å²) in [5.41, 5.74) is 1.13. The van der Waals surface area contributed by atoms with E-state index < -0.39 is 10.0 Å². The van der Waals surface area contributed by atoms with Crippen LogP contribution in [0.3, 0.4) is 0 Å². The van der Waals surface area contributed by atoms with Gasteiger partial charge in [0.1, 0.15) is 0 Å². The molecule has 21 heavy (non-hydrogen) atoms. The lowest BCUT2D eigenvalue weighted by molar-refractivity contribution is 0.0953. The van der Waals surface area contributed by atoms with Gasteiger partial charge in [-0.2, -0.15) is 0 Å². The summed E-state index contributed by atoms with van der Waals surface area (Å²) < 4.78 is 25.3. The summed E-state index contributed by atoms with van der Waals surface area (Å²) in [6.45, 7) is 6.50. The first-order chi connectivity index (χ1) is 9.96. The van der Waals surface area contributed by atoms with Crippen LogP contribution in [-0.2, 0) is 10.0 Å².